The molecule has 2 aliphatic rings. The van der Waals surface area contributed by atoms with Crippen molar-refractivity contribution in [3.63, 3.8) is 0 Å². The van der Waals surface area contributed by atoms with Gasteiger partial charge in [-0.1, -0.05) is 0 Å². The Hall–Kier alpha value is -1.06. The second-order valence-electron chi connectivity index (χ2n) is 4.56. The number of carbonyl (C=O) groups excluding carboxylic acids is 1. The lowest BCUT2D eigenvalue weighted by molar-refractivity contribution is -0.150. The average molecular weight is 197 g/mol. The van der Waals surface area contributed by atoms with Crippen LogP contribution in [0.5, 0.6) is 0 Å². The van der Waals surface area contributed by atoms with Crippen LogP contribution in [0.1, 0.15) is 32.6 Å². The molecule has 2 N–H and O–H groups in total. The molecule has 14 heavy (non-hydrogen) atoms. The number of carboxylic acids is 1. The van der Waals surface area contributed by atoms with Crippen LogP contribution in [0.4, 0.5) is 0 Å². The van der Waals surface area contributed by atoms with Gasteiger partial charge < -0.3 is 10.4 Å². The zero-order valence-corrected chi connectivity index (χ0v) is 8.25. The number of hydrogen-bond donors (Lipinski definition) is 2. The van der Waals surface area contributed by atoms with Crippen molar-refractivity contribution in [2.75, 3.05) is 0 Å². The van der Waals surface area contributed by atoms with Gasteiger partial charge in [-0.2, -0.15) is 0 Å². The Morgan fingerprint density at radius 1 is 1.50 bits per heavy atom. The van der Waals surface area contributed by atoms with Crippen LogP contribution in [0.3, 0.4) is 0 Å². The quantitative estimate of drug-likeness (QED) is 0.687. The first kappa shape index (κ1) is 9.49. The maximum absolute atomic E-state index is 11.2. The van der Waals surface area contributed by atoms with Gasteiger partial charge in [-0.25, -0.2) is 0 Å². The molecule has 1 amide bonds. The van der Waals surface area contributed by atoms with Crippen LogP contribution in [0.2, 0.25) is 0 Å². The lowest BCUT2D eigenvalue weighted by Crippen LogP contribution is -2.48. The molecule has 2 rings (SSSR count). The highest BCUT2D eigenvalue weighted by atomic mass is 16.4. The number of aliphatic carboxylic acids is 1. The summed E-state index contributed by atoms with van der Waals surface area (Å²) in [5.74, 6) is -0.359. The van der Waals surface area contributed by atoms with E-state index in [0.717, 1.165) is 25.7 Å². The molecule has 0 saturated heterocycles. The molecule has 78 valence electrons. The lowest BCUT2D eigenvalue weighted by atomic mass is 9.80. The van der Waals surface area contributed by atoms with Crippen LogP contribution in [0.15, 0.2) is 0 Å². The molecule has 0 aliphatic heterocycles. The van der Waals surface area contributed by atoms with E-state index in [1.54, 1.807) is 0 Å². The summed E-state index contributed by atoms with van der Waals surface area (Å²) in [6.07, 6.45) is 3.31. The molecule has 4 nitrogen and oxygen atoms in total. The summed E-state index contributed by atoms with van der Waals surface area (Å²) in [5, 5.41) is 12.0. The van der Waals surface area contributed by atoms with Gasteiger partial charge >= 0.3 is 5.97 Å². The van der Waals surface area contributed by atoms with E-state index in [1.165, 1.54) is 6.92 Å². The lowest BCUT2D eigenvalue weighted by Gasteiger charge is -2.31. The molecule has 2 saturated carbocycles. The van der Waals surface area contributed by atoms with Gasteiger partial charge in [-0.05, 0) is 31.6 Å². The number of carboxylic acid groups (broad SMARTS) is 1. The number of fused-ring (bicyclic) bond motifs is 2. The van der Waals surface area contributed by atoms with Crippen molar-refractivity contribution in [1.82, 2.24) is 5.32 Å². The summed E-state index contributed by atoms with van der Waals surface area (Å²) >= 11 is 0. The highest BCUT2D eigenvalue weighted by Gasteiger charge is 2.57. The minimum atomic E-state index is -0.740. The molecule has 0 spiro atoms. The molecule has 2 aliphatic carbocycles. The Labute approximate surface area is 82.7 Å². The van der Waals surface area contributed by atoms with Crippen LogP contribution >= 0.6 is 0 Å². The highest BCUT2D eigenvalue weighted by molar-refractivity contribution is 5.79. The minimum Gasteiger partial charge on any atom is -0.481 e. The fourth-order valence-electron chi connectivity index (χ4n) is 3.04. The molecular formula is C10H15NO3. The van der Waals surface area contributed by atoms with Crippen molar-refractivity contribution in [2.24, 2.45) is 11.3 Å². The van der Waals surface area contributed by atoms with Gasteiger partial charge in [0.1, 0.15) is 0 Å². The van der Waals surface area contributed by atoms with E-state index in [1.807, 2.05) is 0 Å². The van der Waals surface area contributed by atoms with E-state index in [2.05, 4.69) is 5.32 Å². The summed E-state index contributed by atoms with van der Waals surface area (Å²) < 4.78 is 0. The minimum absolute atomic E-state index is 0.122. The van der Waals surface area contributed by atoms with Crippen LogP contribution < -0.4 is 5.32 Å². The van der Waals surface area contributed by atoms with E-state index >= 15 is 0 Å². The van der Waals surface area contributed by atoms with Crippen molar-refractivity contribution < 1.29 is 14.7 Å². The van der Waals surface area contributed by atoms with Gasteiger partial charge in [0.25, 0.3) is 0 Å². The third-order valence-electron chi connectivity index (χ3n) is 3.69. The monoisotopic (exact) mass is 197 g/mol. The van der Waals surface area contributed by atoms with Crippen molar-refractivity contribution in [3.05, 3.63) is 0 Å². The molecule has 4 heteroatoms. The molecule has 3 atom stereocenters. The summed E-state index contributed by atoms with van der Waals surface area (Å²) in [5.41, 5.74) is -0.656. The van der Waals surface area contributed by atoms with Crippen LogP contribution in [-0.4, -0.2) is 23.0 Å². The number of hydrogen-bond acceptors (Lipinski definition) is 2. The van der Waals surface area contributed by atoms with Crippen molar-refractivity contribution in [1.29, 1.82) is 0 Å². The summed E-state index contributed by atoms with van der Waals surface area (Å²) in [6.45, 7) is 1.45. The first-order valence-corrected chi connectivity index (χ1v) is 5.05. The molecule has 0 radical (unpaired) electrons. The maximum atomic E-state index is 11.2. The highest BCUT2D eigenvalue weighted by Crippen LogP contribution is 2.54. The van der Waals surface area contributed by atoms with Gasteiger partial charge in [0.15, 0.2) is 0 Å². The van der Waals surface area contributed by atoms with Crippen molar-refractivity contribution in [3.8, 4) is 0 Å². The average Bonchev–Trinajstić information content (AvgIpc) is 2.60. The van der Waals surface area contributed by atoms with Crippen molar-refractivity contribution in [2.45, 2.75) is 38.6 Å². The molecule has 0 aromatic carbocycles. The van der Waals surface area contributed by atoms with E-state index < -0.39 is 11.4 Å². The molecule has 0 heterocycles. The molecular weight excluding hydrogens is 182 g/mol. The number of carbonyl (C=O) groups is 2. The number of amides is 1. The summed E-state index contributed by atoms with van der Waals surface area (Å²) in [7, 11) is 0. The number of rotatable bonds is 2. The maximum Gasteiger partial charge on any atom is 0.311 e. The SMILES string of the molecule is CC(=O)NC1CC2CCC1(C(=O)O)C2. The molecule has 2 fully saturated rings. The van der Waals surface area contributed by atoms with Gasteiger partial charge in [0.05, 0.1) is 5.41 Å². The topological polar surface area (TPSA) is 66.4 Å². The molecule has 0 aromatic rings. The second kappa shape index (κ2) is 2.97. The van der Waals surface area contributed by atoms with Gasteiger partial charge in [0.2, 0.25) is 5.91 Å². The summed E-state index contributed by atoms with van der Waals surface area (Å²) in [6, 6.07) is -0.142. The zero-order chi connectivity index (χ0) is 10.3. The van der Waals surface area contributed by atoms with E-state index in [4.69, 9.17) is 0 Å². The van der Waals surface area contributed by atoms with Gasteiger partial charge in [-0.3, -0.25) is 9.59 Å². The molecule has 2 bridgehead atoms. The fourth-order valence-corrected chi connectivity index (χ4v) is 3.04. The molecule has 0 aromatic heterocycles. The fraction of sp³-hybridized carbons (Fsp3) is 0.800. The first-order valence-electron chi connectivity index (χ1n) is 5.05. The Kier molecular flexibility index (Phi) is 2.01. The Morgan fingerprint density at radius 3 is 2.71 bits per heavy atom. The second-order valence-corrected chi connectivity index (χ2v) is 4.56. The first-order chi connectivity index (χ1) is 6.54. The normalized spacial score (nSPS) is 39.8. The summed E-state index contributed by atoms with van der Waals surface area (Å²) in [4.78, 5) is 22.2. The molecule has 3 unspecified atom stereocenters. The number of nitrogens with one attached hydrogen (secondary N) is 1. The van der Waals surface area contributed by atoms with E-state index in [9.17, 15) is 14.7 Å². The Balaban J connectivity index is 2.19. The predicted molar refractivity (Wildman–Crippen MR) is 49.6 cm³/mol. The van der Waals surface area contributed by atoms with E-state index in [0.29, 0.717) is 5.92 Å². The van der Waals surface area contributed by atoms with Crippen LogP contribution in [0.25, 0.3) is 0 Å². The standard InChI is InChI=1S/C10H15NO3/c1-6(12)11-8-4-7-2-3-10(8,5-7)9(13)14/h7-8H,2-5H2,1H3,(H,11,12)(H,13,14). The third-order valence-corrected chi connectivity index (χ3v) is 3.69. The van der Waals surface area contributed by atoms with Crippen LogP contribution in [0, 0.1) is 11.3 Å². The third kappa shape index (κ3) is 1.21. The van der Waals surface area contributed by atoms with Gasteiger partial charge in [-0.15, -0.1) is 0 Å². The van der Waals surface area contributed by atoms with Crippen molar-refractivity contribution >= 4 is 11.9 Å². The van der Waals surface area contributed by atoms with E-state index in [-0.39, 0.29) is 11.9 Å². The van der Waals surface area contributed by atoms with Crippen LogP contribution in [-0.2, 0) is 9.59 Å². The largest absolute Gasteiger partial charge is 0.481 e. The smallest absolute Gasteiger partial charge is 0.311 e. The zero-order valence-electron chi connectivity index (χ0n) is 8.25. The Morgan fingerprint density at radius 2 is 2.21 bits per heavy atom. The Bertz CT molecular complexity index is 289. The van der Waals surface area contributed by atoms with Gasteiger partial charge in [0, 0.05) is 13.0 Å². The predicted octanol–water partition coefficient (Wildman–Crippen LogP) is 0.766.